The Balaban J connectivity index is 1.91. The summed E-state index contributed by atoms with van der Waals surface area (Å²) in [5, 5.41) is 0.763. The van der Waals surface area contributed by atoms with Crippen LogP contribution in [0.1, 0.15) is 43.6 Å². The van der Waals surface area contributed by atoms with Gasteiger partial charge in [0.2, 0.25) is 0 Å². The molecule has 7 heteroatoms. The first kappa shape index (κ1) is 21.1. The predicted molar refractivity (Wildman–Crippen MR) is 107 cm³/mol. The number of hydrazine groups is 1. The van der Waals surface area contributed by atoms with E-state index in [0.29, 0.717) is 21.4 Å². The summed E-state index contributed by atoms with van der Waals surface area (Å²) in [6, 6.07) is 11.9. The van der Waals surface area contributed by atoms with Gasteiger partial charge in [0.05, 0.1) is 5.02 Å². The lowest BCUT2D eigenvalue weighted by Gasteiger charge is -2.19. The first-order valence-electron chi connectivity index (χ1n) is 8.40. The molecule has 0 fully saturated rings. The summed E-state index contributed by atoms with van der Waals surface area (Å²) in [6.45, 7) is 7.83. The number of hydrogen-bond donors (Lipinski definition) is 2. The van der Waals surface area contributed by atoms with E-state index in [2.05, 4.69) is 31.6 Å². The number of nitrogens with one attached hydrogen (secondary N) is 2. The fourth-order valence-electron chi connectivity index (χ4n) is 2.23. The van der Waals surface area contributed by atoms with E-state index in [1.165, 1.54) is 6.07 Å². The number of halogens is 2. The number of ether oxygens (including phenoxy) is 1. The Labute approximate surface area is 169 Å². The molecule has 2 aromatic carbocycles. The van der Waals surface area contributed by atoms with Crippen molar-refractivity contribution in [2.24, 2.45) is 0 Å². The molecule has 0 aliphatic carbocycles. The summed E-state index contributed by atoms with van der Waals surface area (Å²) >= 11 is 11.8. The van der Waals surface area contributed by atoms with Gasteiger partial charge in [0.1, 0.15) is 5.75 Å². The summed E-state index contributed by atoms with van der Waals surface area (Å²) < 4.78 is 5.50. The van der Waals surface area contributed by atoms with Crippen molar-refractivity contribution in [3.8, 4) is 5.75 Å². The first-order valence-corrected chi connectivity index (χ1v) is 9.16. The van der Waals surface area contributed by atoms with E-state index in [0.717, 1.165) is 5.56 Å². The second-order valence-corrected chi connectivity index (χ2v) is 7.95. The minimum Gasteiger partial charge on any atom is -0.479 e. The molecule has 0 heterocycles. The van der Waals surface area contributed by atoms with Gasteiger partial charge in [0.25, 0.3) is 11.8 Å². The van der Waals surface area contributed by atoms with Gasteiger partial charge in [-0.05, 0) is 48.2 Å². The van der Waals surface area contributed by atoms with Crippen molar-refractivity contribution in [2.75, 3.05) is 0 Å². The molecule has 5 nitrogen and oxygen atoms in total. The third-order valence-corrected chi connectivity index (χ3v) is 4.41. The van der Waals surface area contributed by atoms with Gasteiger partial charge in [-0.2, -0.15) is 0 Å². The number of amides is 2. The molecule has 0 aromatic heterocycles. The van der Waals surface area contributed by atoms with Crippen LogP contribution in [-0.4, -0.2) is 17.9 Å². The average Bonchev–Trinajstić information content (AvgIpc) is 2.61. The van der Waals surface area contributed by atoms with Crippen LogP contribution in [0.4, 0.5) is 0 Å². The Morgan fingerprint density at radius 1 is 1.00 bits per heavy atom. The standard InChI is InChI=1S/C20H22Cl2N2O3/c1-12(27-17-10-9-15(21)11-16(17)22)18(25)23-24-19(26)13-5-7-14(8-6-13)20(2,3)4/h5-12H,1-4H3,(H,23,25)(H,24,26)/t12-/m0/s1. The largest absolute Gasteiger partial charge is 0.479 e. The summed E-state index contributed by atoms with van der Waals surface area (Å²) in [7, 11) is 0. The molecular weight excluding hydrogens is 387 g/mol. The van der Waals surface area contributed by atoms with Gasteiger partial charge < -0.3 is 4.74 Å². The maximum Gasteiger partial charge on any atom is 0.279 e. The van der Waals surface area contributed by atoms with Gasteiger partial charge in [-0.25, -0.2) is 0 Å². The maximum absolute atomic E-state index is 12.2. The molecule has 2 aromatic rings. The molecule has 2 rings (SSSR count). The van der Waals surface area contributed by atoms with E-state index in [1.54, 1.807) is 31.2 Å². The van der Waals surface area contributed by atoms with Gasteiger partial charge in [-0.1, -0.05) is 56.1 Å². The topological polar surface area (TPSA) is 67.4 Å². The van der Waals surface area contributed by atoms with Crippen LogP contribution >= 0.6 is 23.2 Å². The van der Waals surface area contributed by atoms with Crippen LogP contribution in [0, 0.1) is 0 Å². The molecule has 0 spiro atoms. The number of carbonyl (C=O) groups is 2. The number of carbonyl (C=O) groups excluding carboxylic acids is 2. The average molecular weight is 409 g/mol. The van der Waals surface area contributed by atoms with E-state index in [-0.39, 0.29) is 5.41 Å². The summed E-state index contributed by atoms with van der Waals surface area (Å²) in [5.41, 5.74) is 6.28. The van der Waals surface area contributed by atoms with Crippen LogP contribution in [0.3, 0.4) is 0 Å². The normalized spacial score (nSPS) is 12.2. The van der Waals surface area contributed by atoms with Gasteiger partial charge in [-0.15, -0.1) is 0 Å². The highest BCUT2D eigenvalue weighted by Crippen LogP contribution is 2.28. The molecule has 2 N–H and O–H groups in total. The molecule has 0 saturated heterocycles. The van der Waals surface area contributed by atoms with Crippen LogP contribution in [0.5, 0.6) is 5.75 Å². The van der Waals surface area contributed by atoms with E-state index >= 15 is 0 Å². The lowest BCUT2D eigenvalue weighted by Crippen LogP contribution is -2.47. The fourth-order valence-corrected chi connectivity index (χ4v) is 2.68. The molecule has 0 unspecified atom stereocenters. The molecule has 1 atom stereocenters. The van der Waals surface area contributed by atoms with Gasteiger partial charge in [0.15, 0.2) is 6.10 Å². The van der Waals surface area contributed by atoms with Crippen LogP contribution in [0.25, 0.3) is 0 Å². The van der Waals surface area contributed by atoms with E-state index < -0.39 is 17.9 Å². The van der Waals surface area contributed by atoms with Crippen molar-refractivity contribution >= 4 is 35.0 Å². The molecule has 0 aliphatic heterocycles. The number of hydrogen-bond acceptors (Lipinski definition) is 3. The summed E-state index contributed by atoms with van der Waals surface area (Å²) in [4.78, 5) is 24.3. The smallest absolute Gasteiger partial charge is 0.279 e. The highest BCUT2D eigenvalue weighted by Gasteiger charge is 2.18. The highest BCUT2D eigenvalue weighted by atomic mass is 35.5. The van der Waals surface area contributed by atoms with Crippen LogP contribution in [0.15, 0.2) is 42.5 Å². The third-order valence-electron chi connectivity index (χ3n) is 3.88. The van der Waals surface area contributed by atoms with Crippen molar-refractivity contribution in [3.63, 3.8) is 0 Å². The quantitative estimate of drug-likeness (QED) is 0.730. The van der Waals surface area contributed by atoms with Crippen molar-refractivity contribution < 1.29 is 14.3 Å². The Morgan fingerprint density at radius 3 is 2.19 bits per heavy atom. The number of rotatable bonds is 4. The fraction of sp³-hybridized carbons (Fsp3) is 0.300. The Bertz CT molecular complexity index is 830. The van der Waals surface area contributed by atoms with Gasteiger partial charge in [0, 0.05) is 10.6 Å². The Kier molecular flexibility index (Phi) is 6.73. The minimum absolute atomic E-state index is 0.00106. The number of benzene rings is 2. The molecule has 2 amide bonds. The second kappa shape index (κ2) is 8.63. The van der Waals surface area contributed by atoms with Gasteiger partial charge in [-0.3, -0.25) is 20.4 Å². The molecule has 0 aliphatic rings. The molecule has 0 bridgehead atoms. The van der Waals surface area contributed by atoms with E-state index in [9.17, 15) is 9.59 Å². The third kappa shape index (κ3) is 5.88. The van der Waals surface area contributed by atoms with E-state index in [4.69, 9.17) is 27.9 Å². The summed E-state index contributed by atoms with van der Waals surface area (Å²) in [6.07, 6.45) is -0.868. The highest BCUT2D eigenvalue weighted by molar-refractivity contribution is 6.35. The van der Waals surface area contributed by atoms with Crippen molar-refractivity contribution in [3.05, 3.63) is 63.6 Å². The Hall–Kier alpha value is -2.24. The second-order valence-electron chi connectivity index (χ2n) is 7.11. The SMILES string of the molecule is C[C@H](Oc1ccc(Cl)cc1Cl)C(=O)NNC(=O)c1ccc(C(C)(C)C)cc1. The predicted octanol–water partition coefficient (Wildman–Crippen LogP) is 4.52. The van der Waals surface area contributed by atoms with Crippen LogP contribution in [-0.2, 0) is 10.2 Å². The molecule has 0 radical (unpaired) electrons. The van der Waals surface area contributed by atoms with Crippen molar-refractivity contribution in [2.45, 2.75) is 39.2 Å². The van der Waals surface area contributed by atoms with Crippen LogP contribution < -0.4 is 15.6 Å². The zero-order chi connectivity index (χ0) is 20.2. The molecule has 144 valence electrons. The lowest BCUT2D eigenvalue weighted by atomic mass is 9.87. The van der Waals surface area contributed by atoms with Gasteiger partial charge >= 0.3 is 0 Å². The summed E-state index contributed by atoms with van der Waals surface area (Å²) in [5.74, 6) is -0.603. The van der Waals surface area contributed by atoms with Crippen LogP contribution in [0.2, 0.25) is 10.0 Å². The first-order chi connectivity index (χ1) is 12.6. The van der Waals surface area contributed by atoms with Crippen molar-refractivity contribution in [1.82, 2.24) is 10.9 Å². The monoisotopic (exact) mass is 408 g/mol. The zero-order valence-electron chi connectivity index (χ0n) is 15.6. The lowest BCUT2D eigenvalue weighted by molar-refractivity contribution is -0.128. The van der Waals surface area contributed by atoms with E-state index in [1.807, 2.05) is 12.1 Å². The maximum atomic E-state index is 12.2. The molecule has 27 heavy (non-hydrogen) atoms. The Morgan fingerprint density at radius 2 is 1.63 bits per heavy atom. The van der Waals surface area contributed by atoms with Crippen molar-refractivity contribution in [1.29, 1.82) is 0 Å². The molecule has 0 saturated carbocycles. The zero-order valence-corrected chi connectivity index (χ0v) is 17.1. The minimum atomic E-state index is -0.868. The molecular formula is C20H22Cl2N2O3.